The predicted octanol–water partition coefficient (Wildman–Crippen LogP) is 1.94. The molecule has 0 unspecified atom stereocenters. The summed E-state index contributed by atoms with van der Waals surface area (Å²) in [5, 5.41) is 21.3. The van der Waals surface area contributed by atoms with Gasteiger partial charge in [0.2, 0.25) is 5.91 Å². The van der Waals surface area contributed by atoms with Crippen LogP contribution >= 0.6 is 15.9 Å². The number of benzene rings is 1. The molecule has 1 aromatic carbocycles. The van der Waals surface area contributed by atoms with Crippen LogP contribution in [0.5, 0.6) is 0 Å². The Morgan fingerprint density at radius 1 is 1.39 bits per heavy atom. The van der Waals surface area contributed by atoms with Crippen LogP contribution in [0, 0.1) is 10.1 Å². The normalized spacial score (nSPS) is 10.3. The number of anilines is 1. The molecule has 1 aromatic rings. The number of nitro groups is 1. The molecule has 0 spiro atoms. The molecule has 0 bridgehead atoms. The molecule has 0 saturated carbocycles. The van der Waals surface area contributed by atoms with Gasteiger partial charge in [0.15, 0.2) is 0 Å². The van der Waals surface area contributed by atoms with Crippen LogP contribution in [0.3, 0.4) is 0 Å². The molecule has 0 aliphatic heterocycles. The first kappa shape index (κ1) is 13.8. The maximum atomic E-state index is 11.3. The number of rotatable bonds is 4. The number of carboxylic acid groups (broad SMARTS) is 1. The highest BCUT2D eigenvalue weighted by molar-refractivity contribution is 9.10. The van der Waals surface area contributed by atoms with Crippen molar-refractivity contribution in [1.29, 1.82) is 0 Å². The lowest BCUT2D eigenvalue weighted by Crippen LogP contribution is -2.10. The third kappa shape index (κ3) is 3.98. The van der Waals surface area contributed by atoms with E-state index in [2.05, 4.69) is 21.2 Å². The van der Waals surface area contributed by atoms with Crippen molar-refractivity contribution in [3.8, 4) is 0 Å². The second-order valence-electron chi connectivity index (χ2n) is 3.08. The Labute approximate surface area is 109 Å². The van der Waals surface area contributed by atoms with Crippen molar-refractivity contribution in [3.63, 3.8) is 0 Å². The first-order valence-electron chi connectivity index (χ1n) is 4.56. The van der Waals surface area contributed by atoms with E-state index in [1.165, 1.54) is 18.2 Å². The van der Waals surface area contributed by atoms with Crippen LogP contribution in [0.25, 0.3) is 0 Å². The number of carbonyl (C=O) groups is 2. The maximum absolute atomic E-state index is 11.3. The number of carboxylic acids is 1. The highest BCUT2D eigenvalue weighted by atomic mass is 79.9. The van der Waals surface area contributed by atoms with Crippen LogP contribution in [-0.2, 0) is 9.59 Å². The van der Waals surface area contributed by atoms with Crippen molar-refractivity contribution in [2.45, 2.75) is 0 Å². The van der Waals surface area contributed by atoms with Crippen molar-refractivity contribution < 1.29 is 19.6 Å². The molecule has 2 N–H and O–H groups in total. The highest BCUT2D eigenvalue weighted by Gasteiger charge is 2.15. The van der Waals surface area contributed by atoms with E-state index < -0.39 is 16.8 Å². The molecule has 0 atom stereocenters. The van der Waals surface area contributed by atoms with Crippen molar-refractivity contribution in [2.75, 3.05) is 5.32 Å². The molecule has 1 amide bonds. The molecule has 0 aromatic heterocycles. The largest absolute Gasteiger partial charge is 0.478 e. The molecule has 0 aliphatic rings. The summed E-state index contributed by atoms with van der Waals surface area (Å²) in [5.41, 5.74) is -0.301. The molecular formula is C10H7BrN2O5. The number of nitro benzene ring substituents is 1. The minimum atomic E-state index is -1.28. The molecule has 0 aliphatic carbocycles. The Morgan fingerprint density at radius 2 is 2.06 bits per heavy atom. The number of amides is 1. The van der Waals surface area contributed by atoms with Crippen LogP contribution < -0.4 is 5.32 Å². The molecule has 18 heavy (non-hydrogen) atoms. The molecular weight excluding hydrogens is 308 g/mol. The van der Waals surface area contributed by atoms with E-state index >= 15 is 0 Å². The molecule has 0 fully saturated rings. The van der Waals surface area contributed by atoms with Crippen LogP contribution in [0.4, 0.5) is 11.4 Å². The smallest absolute Gasteiger partial charge is 0.328 e. The van der Waals surface area contributed by atoms with E-state index in [0.29, 0.717) is 10.5 Å². The molecule has 94 valence electrons. The zero-order valence-electron chi connectivity index (χ0n) is 8.79. The summed E-state index contributed by atoms with van der Waals surface area (Å²) in [4.78, 5) is 31.6. The Kier molecular flexibility index (Phi) is 4.55. The lowest BCUT2D eigenvalue weighted by Gasteiger charge is -2.03. The summed E-state index contributed by atoms with van der Waals surface area (Å²) in [6.07, 6.45) is 1.41. The second-order valence-corrected chi connectivity index (χ2v) is 4.00. The van der Waals surface area contributed by atoms with Crippen molar-refractivity contribution >= 4 is 39.2 Å². The summed E-state index contributed by atoms with van der Waals surface area (Å²) in [6, 6.07) is 4.09. The van der Waals surface area contributed by atoms with Gasteiger partial charge in [-0.1, -0.05) is 15.9 Å². The number of nitrogens with zero attached hydrogens (tertiary/aromatic N) is 1. The first-order valence-corrected chi connectivity index (χ1v) is 5.35. The van der Waals surface area contributed by atoms with E-state index in [4.69, 9.17) is 5.11 Å². The summed E-state index contributed by atoms with van der Waals surface area (Å²) < 4.78 is 0.494. The zero-order valence-corrected chi connectivity index (χ0v) is 10.4. The number of hydrogen-bond donors (Lipinski definition) is 2. The number of nitrogens with one attached hydrogen (secondary N) is 1. The summed E-state index contributed by atoms with van der Waals surface area (Å²) >= 11 is 3.07. The van der Waals surface area contributed by atoms with Crippen molar-refractivity contribution in [1.82, 2.24) is 0 Å². The minimum Gasteiger partial charge on any atom is -0.478 e. The Bertz CT molecular complexity index is 541. The van der Waals surface area contributed by atoms with Crippen molar-refractivity contribution in [2.24, 2.45) is 0 Å². The Morgan fingerprint density at radius 3 is 2.61 bits per heavy atom. The fourth-order valence-corrected chi connectivity index (χ4v) is 1.43. The molecule has 0 radical (unpaired) electrons. The number of hydrogen-bond acceptors (Lipinski definition) is 4. The fourth-order valence-electron chi connectivity index (χ4n) is 1.08. The van der Waals surface area contributed by atoms with Gasteiger partial charge in [-0.3, -0.25) is 14.9 Å². The lowest BCUT2D eigenvalue weighted by molar-refractivity contribution is -0.384. The van der Waals surface area contributed by atoms with E-state index in [0.717, 1.165) is 6.08 Å². The van der Waals surface area contributed by atoms with Gasteiger partial charge >= 0.3 is 5.97 Å². The number of carbonyl (C=O) groups excluding carboxylic acids is 1. The average molecular weight is 315 g/mol. The minimum absolute atomic E-state index is 0.0109. The van der Waals surface area contributed by atoms with E-state index in [9.17, 15) is 19.7 Å². The lowest BCUT2D eigenvalue weighted by atomic mass is 10.2. The van der Waals surface area contributed by atoms with Gasteiger partial charge in [0.05, 0.1) is 4.92 Å². The van der Waals surface area contributed by atoms with Crippen LogP contribution in [0.2, 0.25) is 0 Å². The predicted molar refractivity (Wildman–Crippen MR) is 66.2 cm³/mol. The number of halogens is 1. The van der Waals surface area contributed by atoms with Crippen molar-refractivity contribution in [3.05, 3.63) is 44.9 Å². The molecule has 8 heteroatoms. The quantitative estimate of drug-likeness (QED) is 0.501. The number of aliphatic carboxylic acids is 1. The highest BCUT2D eigenvalue weighted by Crippen LogP contribution is 2.27. The van der Waals surface area contributed by atoms with Gasteiger partial charge in [0, 0.05) is 22.7 Å². The van der Waals surface area contributed by atoms with Gasteiger partial charge < -0.3 is 10.4 Å². The van der Waals surface area contributed by atoms with E-state index in [1.807, 2.05) is 0 Å². The molecule has 7 nitrogen and oxygen atoms in total. The Balaban J connectivity index is 2.94. The molecule has 0 saturated heterocycles. The van der Waals surface area contributed by atoms with E-state index in [-0.39, 0.29) is 11.4 Å². The maximum Gasteiger partial charge on any atom is 0.328 e. The monoisotopic (exact) mass is 314 g/mol. The zero-order chi connectivity index (χ0) is 13.7. The van der Waals surface area contributed by atoms with Gasteiger partial charge in [-0.25, -0.2) is 4.79 Å². The van der Waals surface area contributed by atoms with Crippen LogP contribution in [-0.4, -0.2) is 21.9 Å². The fraction of sp³-hybridized carbons (Fsp3) is 0. The molecule has 1 rings (SSSR count). The van der Waals surface area contributed by atoms with Gasteiger partial charge in [-0.2, -0.15) is 0 Å². The first-order chi connectivity index (χ1) is 8.40. The second kappa shape index (κ2) is 5.92. The Hall–Kier alpha value is -2.22. The standard InChI is InChI=1S/C10H7BrN2O5/c11-6-1-2-7(8(5-6)13(17)18)12-9(14)3-4-10(15)16/h1-5H,(H,12,14)(H,15,16). The van der Waals surface area contributed by atoms with Crippen LogP contribution in [0.1, 0.15) is 0 Å². The van der Waals surface area contributed by atoms with Gasteiger partial charge in [-0.15, -0.1) is 0 Å². The summed E-state index contributed by atoms with van der Waals surface area (Å²) in [6.45, 7) is 0. The third-order valence-corrected chi connectivity index (χ3v) is 2.28. The van der Waals surface area contributed by atoms with Gasteiger partial charge in [-0.05, 0) is 12.1 Å². The van der Waals surface area contributed by atoms with E-state index in [1.54, 1.807) is 0 Å². The summed E-state index contributed by atoms with van der Waals surface area (Å²) in [7, 11) is 0. The SMILES string of the molecule is O=C(O)C=CC(=O)Nc1ccc(Br)cc1[N+](=O)[O-]. The average Bonchev–Trinajstić information content (AvgIpc) is 2.28. The summed E-state index contributed by atoms with van der Waals surface area (Å²) in [5.74, 6) is -2.04. The topological polar surface area (TPSA) is 110 Å². The van der Waals surface area contributed by atoms with Gasteiger partial charge in [0.25, 0.3) is 5.69 Å². The third-order valence-electron chi connectivity index (χ3n) is 1.79. The van der Waals surface area contributed by atoms with Crippen LogP contribution in [0.15, 0.2) is 34.8 Å². The molecule has 0 heterocycles. The van der Waals surface area contributed by atoms with Gasteiger partial charge in [0.1, 0.15) is 5.69 Å².